The van der Waals surface area contributed by atoms with Crippen LogP contribution in [0.15, 0.2) is 28.7 Å². The van der Waals surface area contributed by atoms with Crippen molar-refractivity contribution in [3.8, 4) is 0 Å². The Morgan fingerprint density at radius 2 is 1.95 bits per heavy atom. The van der Waals surface area contributed by atoms with E-state index in [9.17, 15) is 0 Å². The molecule has 2 heteroatoms. The second kappa shape index (κ2) is 5.21. The van der Waals surface area contributed by atoms with E-state index < -0.39 is 0 Å². The van der Waals surface area contributed by atoms with E-state index in [0.29, 0.717) is 11.5 Å². The van der Waals surface area contributed by atoms with Crippen molar-refractivity contribution in [3.05, 3.63) is 34.3 Å². The summed E-state index contributed by atoms with van der Waals surface area (Å²) in [4.78, 5) is 0. The SMILES string of the molecule is CC(C)NCC1(Cc2ccccc2Br)CC2CC2C1. The van der Waals surface area contributed by atoms with Gasteiger partial charge in [0.15, 0.2) is 0 Å². The van der Waals surface area contributed by atoms with Crippen LogP contribution in [0, 0.1) is 17.3 Å². The molecule has 0 aromatic heterocycles. The standard InChI is InChI=1S/C17H24BrN/c1-12(2)19-11-17(9-14-7-15(14)10-17)8-13-5-3-4-6-16(13)18/h3-6,12,14-15,19H,7-11H2,1-2H3. The Bertz CT molecular complexity index is 444. The Morgan fingerprint density at radius 3 is 2.58 bits per heavy atom. The summed E-state index contributed by atoms with van der Waals surface area (Å²) >= 11 is 3.71. The van der Waals surface area contributed by atoms with Crippen LogP contribution in [-0.4, -0.2) is 12.6 Å². The molecule has 0 aliphatic heterocycles. The average Bonchev–Trinajstić information content (AvgIpc) is 2.99. The van der Waals surface area contributed by atoms with Gasteiger partial charge in [-0.15, -0.1) is 0 Å². The van der Waals surface area contributed by atoms with Crippen LogP contribution in [0.1, 0.15) is 38.7 Å². The van der Waals surface area contributed by atoms with Crippen LogP contribution in [0.25, 0.3) is 0 Å². The molecule has 1 nitrogen and oxygen atoms in total. The van der Waals surface area contributed by atoms with Gasteiger partial charge in [0.05, 0.1) is 0 Å². The molecule has 2 aliphatic rings. The number of benzene rings is 1. The summed E-state index contributed by atoms with van der Waals surface area (Å²) in [6, 6.07) is 9.32. The van der Waals surface area contributed by atoms with Crippen LogP contribution in [0.4, 0.5) is 0 Å². The van der Waals surface area contributed by atoms with Gasteiger partial charge in [0.25, 0.3) is 0 Å². The zero-order chi connectivity index (χ0) is 13.5. The molecule has 0 amide bonds. The fraction of sp³-hybridized carbons (Fsp3) is 0.647. The van der Waals surface area contributed by atoms with Gasteiger partial charge in [-0.05, 0) is 54.6 Å². The van der Waals surface area contributed by atoms with Gasteiger partial charge in [-0.3, -0.25) is 0 Å². The van der Waals surface area contributed by atoms with E-state index in [1.165, 1.54) is 42.3 Å². The van der Waals surface area contributed by atoms with E-state index in [2.05, 4.69) is 59.4 Å². The van der Waals surface area contributed by atoms with Crippen LogP contribution < -0.4 is 5.32 Å². The molecular formula is C17H24BrN. The van der Waals surface area contributed by atoms with Crippen LogP contribution in [-0.2, 0) is 6.42 Å². The molecule has 2 atom stereocenters. The Kier molecular flexibility index (Phi) is 3.74. The summed E-state index contributed by atoms with van der Waals surface area (Å²) in [6.45, 7) is 5.68. The predicted octanol–water partition coefficient (Wildman–Crippen LogP) is 4.41. The summed E-state index contributed by atoms with van der Waals surface area (Å²) in [5.74, 6) is 2.08. The molecule has 104 valence electrons. The van der Waals surface area contributed by atoms with Crippen LogP contribution in [0.3, 0.4) is 0 Å². The lowest BCUT2D eigenvalue weighted by Gasteiger charge is -2.33. The van der Waals surface area contributed by atoms with Crippen molar-refractivity contribution in [3.63, 3.8) is 0 Å². The van der Waals surface area contributed by atoms with E-state index >= 15 is 0 Å². The maximum Gasteiger partial charge on any atom is 0.0207 e. The molecular weight excluding hydrogens is 298 g/mol. The van der Waals surface area contributed by atoms with Gasteiger partial charge < -0.3 is 5.32 Å². The van der Waals surface area contributed by atoms with Crippen LogP contribution >= 0.6 is 15.9 Å². The summed E-state index contributed by atoms with van der Waals surface area (Å²) in [7, 11) is 0. The van der Waals surface area contributed by atoms with E-state index in [1.54, 1.807) is 0 Å². The Morgan fingerprint density at radius 1 is 1.26 bits per heavy atom. The van der Waals surface area contributed by atoms with Crippen LogP contribution in [0.5, 0.6) is 0 Å². The van der Waals surface area contributed by atoms with Crippen molar-refractivity contribution in [1.29, 1.82) is 0 Å². The largest absolute Gasteiger partial charge is 0.314 e. The third-order valence-electron chi connectivity index (χ3n) is 4.87. The van der Waals surface area contributed by atoms with Gasteiger partial charge in [0.2, 0.25) is 0 Å². The topological polar surface area (TPSA) is 12.0 Å². The minimum absolute atomic E-state index is 0.502. The fourth-order valence-electron chi connectivity index (χ4n) is 3.82. The first-order chi connectivity index (χ1) is 9.08. The molecule has 0 heterocycles. The smallest absolute Gasteiger partial charge is 0.0207 e. The van der Waals surface area contributed by atoms with E-state index in [0.717, 1.165) is 11.8 Å². The van der Waals surface area contributed by atoms with Crippen molar-refractivity contribution >= 4 is 15.9 Å². The monoisotopic (exact) mass is 321 g/mol. The molecule has 0 spiro atoms. The van der Waals surface area contributed by atoms with Gasteiger partial charge in [-0.1, -0.05) is 48.0 Å². The Hall–Kier alpha value is -0.340. The molecule has 2 saturated carbocycles. The first-order valence-electron chi connectivity index (χ1n) is 7.55. The predicted molar refractivity (Wildman–Crippen MR) is 84.2 cm³/mol. The molecule has 19 heavy (non-hydrogen) atoms. The molecule has 0 bridgehead atoms. The quantitative estimate of drug-likeness (QED) is 0.847. The summed E-state index contributed by atoms with van der Waals surface area (Å²) in [5, 5.41) is 3.69. The van der Waals surface area contributed by atoms with Crippen molar-refractivity contribution in [2.75, 3.05) is 6.54 Å². The third kappa shape index (κ3) is 3.05. The van der Waals surface area contributed by atoms with E-state index in [4.69, 9.17) is 0 Å². The average molecular weight is 322 g/mol. The third-order valence-corrected chi connectivity index (χ3v) is 5.64. The minimum Gasteiger partial charge on any atom is -0.314 e. The second-order valence-electron chi connectivity index (χ2n) is 6.97. The highest BCUT2D eigenvalue weighted by molar-refractivity contribution is 9.10. The normalized spacial score (nSPS) is 32.6. The van der Waals surface area contributed by atoms with Gasteiger partial charge >= 0.3 is 0 Å². The molecule has 3 rings (SSSR count). The Balaban J connectivity index is 1.74. The lowest BCUT2D eigenvalue weighted by atomic mass is 9.77. The maximum absolute atomic E-state index is 3.71. The molecule has 1 N–H and O–H groups in total. The fourth-order valence-corrected chi connectivity index (χ4v) is 4.25. The second-order valence-corrected chi connectivity index (χ2v) is 7.82. The Labute approximate surface area is 125 Å². The van der Waals surface area contributed by atoms with E-state index in [-0.39, 0.29) is 0 Å². The van der Waals surface area contributed by atoms with Crippen molar-refractivity contribution in [2.24, 2.45) is 17.3 Å². The number of hydrogen-bond donors (Lipinski definition) is 1. The van der Waals surface area contributed by atoms with Gasteiger partial charge in [0.1, 0.15) is 0 Å². The van der Waals surface area contributed by atoms with Gasteiger partial charge in [-0.2, -0.15) is 0 Å². The number of rotatable bonds is 5. The van der Waals surface area contributed by atoms with Gasteiger partial charge in [-0.25, -0.2) is 0 Å². The van der Waals surface area contributed by atoms with Crippen molar-refractivity contribution in [1.82, 2.24) is 5.32 Å². The highest BCUT2D eigenvalue weighted by Crippen LogP contribution is 2.60. The zero-order valence-corrected chi connectivity index (χ0v) is 13.5. The lowest BCUT2D eigenvalue weighted by Crippen LogP contribution is -2.38. The molecule has 0 saturated heterocycles. The van der Waals surface area contributed by atoms with Gasteiger partial charge in [0, 0.05) is 17.1 Å². The first kappa shape index (κ1) is 13.6. The molecule has 0 radical (unpaired) electrons. The highest BCUT2D eigenvalue weighted by atomic mass is 79.9. The number of nitrogens with one attached hydrogen (secondary N) is 1. The zero-order valence-electron chi connectivity index (χ0n) is 12.0. The highest BCUT2D eigenvalue weighted by Gasteiger charge is 2.53. The van der Waals surface area contributed by atoms with Crippen molar-refractivity contribution in [2.45, 2.75) is 45.6 Å². The molecule has 2 unspecified atom stereocenters. The molecule has 1 aromatic carbocycles. The summed E-state index contributed by atoms with van der Waals surface area (Å²) in [5.41, 5.74) is 1.98. The lowest BCUT2D eigenvalue weighted by molar-refractivity contribution is 0.241. The first-order valence-corrected chi connectivity index (χ1v) is 8.34. The van der Waals surface area contributed by atoms with E-state index in [1.807, 2.05) is 0 Å². The summed E-state index contributed by atoms with van der Waals surface area (Å²) in [6.07, 6.45) is 5.58. The summed E-state index contributed by atoms with van der Waals surface area (Å²) < 4.78 is 1.28. The number of halogens is 1. The molecule has 1 aromatic rings. The number of hydrogen-bond acceptors (Lipinski definition) is 1. The molecule has 2 aliphatic carbocycles. The minimum atomic E-state index is 0.502. The van der Waals surface area contributed by atoms with Crippen molar-refractivity contribution < 1.29 is 0 Å². The van der Waals surface area contributed by atoms with Crippen LogP contribution in [0.2, 0.25) is 0 Å². The molecule has 2 fully saturated rings. The number of fused-ring (bicyclic) bond motifs is 1. The maximum atomic E-state index is 3.71.